The van der Waals surface area contributed by atoms with Gasteiger partial charge >= 0.3 is 12.4 Å². The van der Waals surface area contributed by atoms with Gasteiger partial charge in [-0.05, 0) is 36.4 Å². The summed E-state index contributed by atoms with van der Waals surface area (Å²) in [5, 5.41) is 3.26. The first kappa shape index (κ1) is 18.2. The summed E-state index contributed by atoms with van der Waals surface area (Å²) in [5.74, 6) is 0.0547. The standard InChI is InChI=1S/C16H8ClF6N3/c17-10-1-2-12-13(6-10)24-7-25-14(12)26-11-4-8(15(18,19)20)3-9(5-11)16(21,22)23/h1-7H,(H,24,25,26). The number of nitrogens with one attached hydrogen (secondary N) is 1. The second-order valence-corrected chi connectivity index (χ2v) is 5.74. The zero-order chi connectivity index (χ0) is 19.1. The highest BCUT2D eigenvalue weighted by molar-refractivity contribution is 6.31. The maximum absolute atomic E-state index is 12.9. The summed E-state index contributed by atoms with van der Waals surface area (Å²) in [6, 6.07) is 5.74. The Hall–Kier alpha value is -2.55. The van der Waals surface area contributed by atoms with E-state index in [9.17, 15) is 26.3 Å². The topological polar surface area (TPSA) is 37.8 Å². The van der Waals surface area contributed by atoms with Gasteiger partial charge in [-0.2, -0.15) is 26.3 Å². The molecule has 0 radical (unpaired) electrons. The van der Waals surface area contributed by atoms with Crippen molar-refractivity contribution in [2.45, 2.75) is 12.4 Å². The molecule has 26 heavy (non-hydrogen) atoms. The predicted molar refractivity (Wildman–Crippen MR) is 84.3 cm³/mol. The fraction of sp³-hybridized carbons (Fsp3) is 0.125. The van der Waals surface area contributed by atoms with Gasteiger partial charge in [0.2, 0.25) is 0 Å². The summed E-state index contributed by atoms with van der Waals surface area (Å²) in [7, 11) is 0. The summed E-state index contributed by atoms with van der Waals surface area (Å²) in [6.45, 7) is 0. The highest BCUT2D eigenvalue weighted by Gasteiger charge is 2.37. The number of hydrogen-bond acceptors (Lipinski definition) is 3. The summed E-state index contributed by atoms with van der Waals surface area (Å²) in [6.07, 6.45) is -8.74. The van der Waals surface area contributed by atoms with Crippen LogP contribution in [-0.2, 0) is 12.4 Å². The predicted octanol–water partition coefficient (Wildman–Crippen LogP) is 6.06. The molecule has 0 saturated heterocycles. The number of hydrogen-bond donors (Lipinski definition) is 1. The van der Waals surface area contributed by atoms with Crippen molar-refractivity contribution >= 4 is 34.0 Å². The number of benzene rings is 2. The fourth-order valence-corrected chi connectivity index (χ4v) is 2.46. The second kappa shape index (κ2) is 6.31. The van der Waals surface area contributed by atoms with E-state index in [1.807, 2.05) is 0 Å². The average molecular weight is 392 g/mol. The van der Waals surface area contributed by atoms with E-state index in [1.54, 1.807) is 0 Å². The Morgan fingerprint density at radius 2 is 1.42 bits per heavy atom. The molecule has 136 valence electrons. The van der Waals surface area contributed by atoms with Crippen LogP contribution in [0.4, 0.5) is 37.8 Å². The first-order valence-electron chi connectivity index (χ1n) is 7.01. The quantitative estimate of drug-likeness (QED) is 0.539. The lowest BCUT2D eigenvalue weighted by Crippen LogP contribution is -2.11. The molecule has 1 heterocycles. The molecule has 0 fully saturated rings. The Balaban J connectivity index is 2.10. The van der Waals surface area contributed by atoms with Gasteiger partial charge in [0.05, 0.1) is 16.6 Å². The largest absolute Gasteiger partial charge is 0.416 e. The molecular formula is C16H8ClF6N3. The SMILES string of the molecule is FC(F)(F)c1cc(Nc2ncnc3cc(Cl)ccc23)cc(C(F)(F)F)c1. The van der Waals surface area contributed by atoms with E-state index in [0.717, 1.165) is 6.33 Å². The van der Waals surface area contributed by atoms with Crippen LogP contribution in [0.15, 0.2) is 42.7 Å². The van der Waals surface area contributed by atoms with Crippen molar-refractivity contribution < 1.29 is 26.3 Å². The molecule has 0 atom stereocenters. The van der Waals surface area contributed by atoms with E-state index in [2.05, 4.69) is 15.3 Å². The number of aromatic nitrogens is 2. The van der Waals surface area contributed by atoms with Crippen LogP contribution >= 0.6 is 11.6 Å². The normalized spacial score (nSPS) is 12.4. The molecule has 1 aromatic heterocycles. The molecule has 0 amide bonds. The van der Waals surface area contributed by atoms with Gasteiger partial charge in [-0.15, -0.1) is 0 Å². The lowest BCUT2D eigenvalue weighted by molar-refractivity contribution is -0.143. The molecular weight excluding hydrogens is 384 g/mol. The molecule has 0 aliphatic rings. The van der Waals surface area contributed by atoms with Gasteiger partial charge < -0.3 is 5.32 Å². The number of anilines is 2. The molecule has 1 N–H and O–H groups in total. The third kappa shape index (κ3) is 3.82. The molecule has 0 saturated carbocycles. The van der Waals surface area contributed by atoms with Gasteiger partial charge in [0.25, 0.3) is 0 Å². The first-order valence-corrected chi connectivity index (χ1v) is 7.38. The Kier molecular flexibility index (Phi) is 4.43. The van der Waals surface area contributed by atoms with Crippen molar-refractivity contribution in [1.29, 1.82) is 0 Å². The van der Waals surface area contributed by atoms with Crippen LogP contribution in [0.2, 0.25) is 5.02 Å². The van der Waals surface area contributed by atoms with E-state index >= 15 is 0 Å². The van der Waals surface area contributed by atoms with Gasteiger partial charge in [0, 0.05) is 16.1 Å². The fourth-order valence-electron chi connectivity index (χ4n) is 2.29. The van der Waals surface area contributed by atoms with E-state index in [0.29, 0.717) is 28.1 Å². The van der Waals surface area contributed by atoms with Crippen LogP contribution in [0.5, 0.6) is 0 Å². The highest BCUT2D eigenvalue weighted by Crippen LogP contribution is 2.38. The van der Waals surface area contributed by atoms with E-state index in [1.165, 1.54) is 18.2 Å². The minimum atomic E-state index is -4.93. The van der Waals surface area contributed by atoms with Crippen LogP contribution in [0, 0.1) is 0 Å². The molecule has 3 nitrogen and oxygen atoms in total. The lowest BCUT2D eigenvalue weighted by atomic mass is 10.1. The maximum atomic E-state index is 12.9. The van der Waals surface area contributed by atoms with Crippen molar-refractivity contribution in [3.05, 3.63) is 58.9 Å². The number of halogens is 7. The maximum Gasteiger partial charge on any atom is 0.416 e. The summed E-state index contributed by atoms with van der Waals surface area (Å²) in [4.78, 5) is 7.85. The summed E-state index contributed by atoms with van der Waals surface area (Å²) < 4.78 is 77.6. The van der Waals surface area contributed by atoms with Crippen molar-refractivity contribution in [2.24, 2.45) is 0 Å². The van der Waals surface area contributed by atoms with Crippen LogP contribution in [0.3, 0.4) is 0 Å². The van der Waals surface area contributed by atoms with Gasteiger partial charge in [-0.3, -0.25) is 0 Å². The Morgan fingerprint density at radius 1 is 0.808 bits per heavy atom. The Labute approximate surface area is 147 Å². The number of nitrogens with zero attached hydrogens (tertiary/aromatic N) is 2. The molecule has 3 aromatic rings. The van der Waals surface area contributed by atoms with Crippen LogP contribution < -0.4 is 5.32 Å². The van der Waals surface area contributed by atoms with E-state index in [4.69, 9.17) is 11.6 Å². The molecule has 2 aromatic carbocycles. The van der Waals surface area contributed by atoms with Crippen LogP contribution in [0.25, 0.3) is 10.9 Å². The van der Waals surface area contributed by atoms with Crippen molar-refractivity contribution in [3.8, 4) is 0 Å². The highest BCUT2D eigenvalue weighted by atomic mass is 35.5. The van der Waals surface area contributed by atoms with Crippen molar-refractivity contribution in [3.63, 3.8) is 0 Å². The Morgan fingerprint density at radius 3 is 2.00 bits per heavy atom. The first-order chi connectivity index (χ1) is 12.0. The summed E-state index contributed by atoms with van der Waals surface area (Å²) >= 11 is 5.84. The molecule has 0 spiro atoms. The molecule has 0 unspecified atom stereocenters. The molecule has 10 heteroatoms. The molecule has 0 bridgehead atoms. The minimum Gasteiger partial charge on any atom is -0.340 e. The van der Waals surface area contributed by atoms with Gasteiger partial charge in [-0.25, -0.2) is 9.97 Å². The summed E-state index contributed by atoms with van der Waals surface area (Å²) in [5.41, 5.74) is -2.85. The lowest BCUT2D eigenvalue weighted by Gasteiger charge is -2.15. The Bertz CT molecular complexity index is 936. The van der Waals surface area contributed by atoms with E-state index in [-0.39, 0.29) is 11.9 Å². The molecule has 3 rings (SSSR count). The second-order valence-electron chi connectivity index (χ2n) is 5.30. The number of alkyl halides is 6. The van der Waals surface area contributed by atoms with Crippen molar-refractivity contribution in [1.82, 2.24) is 9.97 Å². The minimum absolute atomic E-state index is 0.0547. The number of fused-ring (bicyclic) bond motifs is 1. The third-order valence-corrected chi connectivity index (χ3v) is 3.68. The molecule has 0 aliphatic heterocycles. The smallest absolute Gasteiger partial charge is 0.340 e. The van der Waals surface area contributed by atoms with Crippen LogP contribution in [-0.4, -0.2) is 9.97 Å². The van der Waals surface area contributed by atoms with Crippen molar-refractivity contribution in [2.75, 3.05) is 5.32 Å². The van der Waals surface area contributed by atoms with Gasteiger partial charge in [0.15, 0.2) is 0 Å². The van der Waals surface area contributed by atoms with Gasteiger partial charge in [-0.1, -0.05) is 11.6 Å². The van der Waals surface area contributed by atoms with E-state index < -0.39 is 29.2 Å². The number of rotatable bonds is 2. The average Bonchev–Trinajstić information content (AvgIpc) is 2.53. The third-order valence-electron chi connectivity index (χ3n) is 3.45. The molecule has 0 aliphatic carbocycles. The zero-order valence-corrected chi connectivity index (χ0v) is 13.3. The van der Waals surface area contributed by atoms with Crippen LogP contribution in [0.1, 0.15) is 11.1 Å². The zero-order valence-electron chi connectivity index (χ0n) is 12.6. The van der Waals surface area contributed by atoms with Gasteiger partial charge in [0.1, 0.15) is 12.1 Å². The monoisotopic (exact) mass is 391 g/mol.